The van der Waals surface area contributed by atoms with Crippen molar-refractivity contribution < 1.29 is 23.8 Å². The largest absolute Gasteiger partial charge is 0.481 e. The van der Waals surface area contributed by atoms with Gasteiger partial charge in [-0.1, -0.05) is 0 Å². The van der Waals surface area contributed by atoms with Crippen LogP contribution in [0.3, 0.4) is 0 Å². The van der Waals surface area contributed by atoms with Crippen molar-refractivity contribution in [2.75, 3.05) is 19.8 Å². The molecule has 1 aliphatic rings. The zero-order valence-electron chi connectivity index (χ0n) is 9.17. The van der Waals surface area contributed by atoms with Gasteiger partial charge in [-0.05, 0) is 12.1 Å². The van der Waals surface area contributed by atoms with Crippen LogP contribution in [-0.2, 0) is 9.53 Å². The lowest BCUT2D eigenvalue weighted by molar-refractivity contribution is -0.139. The number of furan rings is 1. The molecule has 0 bridgehead atoms. The SMILES string of the molecule is O=C(O)CC1COCCN1C(=O)c1ccco1. The number of carboxylic acids is 1. The zero-order valence-corrected chi connectivity index (χ0v) is 9.17. The normalized spacial score (nSPS) is 20.2. The topological polar surface area (TPSA) is 80.0 Å². The first kappa shape index (κ1) is 11.7. The van der Waals surface area contributed by atoms with Crippen LogP contribution in [0.25, 0.3) is 0 Å². The lowest BCUT2D eigenvalue weighted by Gasteiger charge is -2.34. The van der Waals surface area contributed by atoms with E-state index in [-0.39, 0.29) is 24.7 Å². The van der Waals surface area contributed by atoms with Crippen LogP contribution >= 0.6 is 0 Å². The summed E-state index contributed by atoms with van der Waals surface area (Å²) < 4.78 is 10.2. The van der Waals surface area contributed by atoms with Crippen molar-refractivity contribution in [3.8, 4) is 0 Å². The second-order valence-corrected chi connectivity index (χ2v) is 3.80. The standard InChI is InChI=1S/C11H13NO5/c13-10(14)6-8-7-16-5-3-12(8)11(15)9-2-1-4-17-9/h1-2,4,8H,3,5-7H2,(H,13,14). The van der Waals surface area contributed by atoms with Crippen molar-refractivity contribution in [1.29, 1.82) is 0 Å². The molecule has 92 valence electrons. The predicted octanol–water partition coefficient (Wildman–Crippen LogP) is 0.595. The number of rotatable bonds is 3. The molecule has 2 rings (SSSR count). The number of carbonyl (C=O) groups excluding carboxylic acids is 1. The number of carbonyl (C=O) groups is 2. The predicted molar refractivity (Wildman–Crippen MR) is 56.6 cm³/mol. The number of hydrogen-bond donors (Lipinski definition) is 1. The van der Waals surface area contributed by atoms with Gasteiger partial charge in [0.1, 0.15) is 0 Å². The van der Waals surface area contributed by atoms with Crippen molar-refractivity contribution in [3.63, 3.8) is 0 Å². The number of aliphatic carboxylic acids is 1. The Hall–Kier alpha value is -1.82. The minimum absolute atomic E-state index is 0.119. The molecule has 1 atom stereocenters. The van der Waals surface area contributed by atoms with E-state index in [4.69, 9.17) is 14.3 Å². The Morgan fingerprint density at radius 2 is 2.35 bits per heavy atom. The highest BCUT2D eigenvalue weighted by molar-refractivity contribution is 5.92. The molecule has 1 fully saturated rings. The van der Waals surface area contributed by atoms with Gasteiger partial charge in [0.25, 0.3) is 5.91 Å². The third kappa shape index (κ3) is 2.65. The quantitative estimate of drug-likeness (QED) is 0.835. The molecule has 1 saturated heterocycles. The lowest BCUT2D eigenvalue weighted by Crippen LogP contribution is -2.49. The summed E-state index contributed by atoms with van der Waals surface area (Å²) in [6.07, 6.45) is 1.30. The minimum Gasteiger partial charge on any atom is -0.481 e. The molecule has 1 amide bonds. The minimum atomic E-state index is -0.947. The molecule has 6 nitrogen and oxygen atoms in total. The molecule has 0 spiro atoms. The molecule has 0 aliphatic carbocycles. The number of carboxylic acid groups (broad SMARTS) is 1. The lowest BCUT2D eigenvalue weighted by atomic mass is 10.1. The summed E-state index contributed by atoms with van der Waals surface area (Å²) in [5.41, 5.74) is 0. The molecular weight excluding hydrogens is 226 g/mol. The summed E-state index contributed by atoms with van der Waals surface area (Å²) in [4.78, 5) is 24.2. The Morgan fingerprint density at radius 1 is 1.53 bits per heavy atom. The number of morpholine rings is 1. The van der Waals surface area contributed by atoms with E-state index < -0.39 is 12.0 Å². The maximum Gasteiger partial charge on any atom is 0.305 e. The van der Waals surface area contributed by atoms with E-state index in [1.54, 1.807) is 12.1 Å². The molecule has 1 aromatic rings. The van der Waals surface area contributed by atoms with Gasteiger partial charge in [0, 0.05) is 6.54 Å². The van der Waals surface area contributed by atoms with E-state index in [1.807, 2.05) is 0 Å². The number of ether oxygens (including phenoxy) is 1. The third-order valence-electron chi connectivity index (χ3n) is 2.63. The van der Waals surface area contributed by atoms with Gasteiger partial charge in [-0.15, -0.1) is 0 Å². The summed E-state index contributed by atoms with van der Waals surface area (Å²) in [5.74, 6) is -1.01. The first-order valence-electron chi connectivity index (χ1n) is 5.32. The van der Waals surface area contributed by atoms with Gasteiger partial charge >= 0.3 is 5.97 Å². The van der Waals surface area contributed by atoms with Crippen molar-refractivity contribution in [2.45, 2.75) is 12.5 Å². The van der Waals surface area contributed by atoms with Crippen molar-refractivity contribution in [1.82, 2.24) is 4.90 Å². The summed E-state index contributed by atoms with van der Waals surface area (Å²) >= 11 is 0. The maximum absolute atomic E-state index is 12.0. The zero-order chi connectivity index (χ0) is 12.3. The van der Waals surface area contributed by atoms with Gasteiger partial charge in [-0.25, -0.2) is 0 Å². The number of amides is 1. The summed E-state index contributed by atoms with van der Waals surface area (Å²) in [7, 11) is 0. The van der Waals surface area contributed by atoms with Gasteiger partial charge in [0.05, 0.1) is 31.9 Å². The Kier molecular flexibility index (Phi) is 3.43. The third-order valence-corrected chi connectivity index (χ3v) is 2.63. The highest BCUT2D eigenvalue weighted by Gasteiger charge is 2.30. The second-order valence-electron chi connectivity index (χ2n) is 3.80. The molecule has 1 aromatic heterocycles. The monoisotopic (exact) mass is 239 g/mol. The summed E-state index contributed by atoms with van der Waals surface area (Å²) in [6.45, 7) is 1.05. The van der Waals surface area contributed by atoms with E-state index >= 15 is 0 Å². The van der Waals surface area contributed by atoms with Crippen LogP contribution in [0.5, 0.6) is 0 Å². The van der Waals surface area contributed by atoms with Crippen LogP contribution in [0.15, 0.2) is 22.8 Å². The van der Waals surface area contributed by atoms with Crippen LogP contribution in [0, 0.1) is 0 Å². The second kappa shape index (κ2) is 5.01. The molecule has 17 heavy (non-hydrogen) atoms. The Bertz CT molecular complexity index is 400. The van der Waals surface area contributed by atoms with Crippen molar-refractivity contribution >= 4 is 11.9 Å². The smallest absolute Gasteiger partial charge is 0.305 e. The fourth-order valence-corrected chi connectivity index (χ4v) is 1.83. The van der Waals surface area contributed by atoms with Crippen molar-refractivity contribution in [3.05, 3.63) is 24.2 Å². The highest BCUT2D eigenvalue weighted by atomic mass is 16.5. The van der Waals surface area contributed by atoms with E-state index in [0.717, 1.165) is 0 Å². The van der Waals surface area contributed by atoms with Gasteiger partial charge < -0.3 is 19.2 Å². The molecule has 0 saturated carbocycles. The molecule has 2 heterocycles. The molecule has 6 heteroatoms. The molecule has 1 unspecified atom stereocenters. The van der Waals surface area contributed by atoms with E-state index in [2.05, 4.69) is 0 Å². The van der Waals surface area contributed by atoms with Gasteiger partial charge in [-0.2, -0.15) is 0 Å². The van der Waals surface area contributed by atoms with Crippen LogP contribution in [-0.4, -0.2) is 47.7 Å². The first-order valence-corrected chi connectivity index (χ1v) is 5.32. The molecule has 0 radical (unpaired) electrons. The van der Waals surface area contributed by atoms with E-state index in [9.17, 15) is 9.59 Å². The average Bonchev–Trinajstić information content (AvgIpc) is 2.81. The van der Waals surface area contributed by atoms with Crippen LogP contribution in [0.1, 0.15) is 17.0 Å². The van der Waals surface area contributed by atoms with Gasteiger partial charge in [0.15, 0.2) is 5.76 Å². The maximum atomic E-state index is 12.0. The van der Waals surface area contributed by atoms with Crippen molar-refractivity contribution in [2.24, 2.45) is 0 Å². The molecule has 0 aromatic carbocycles. The van der Waals surface area contributed by atoms with Gasteiger partial charge in [0.2, 0.25) is 0 Å². The van der Waals surface area contributed by atoms with E-state index in [0.29, 0.717) is 13.2 Å². The summed E-state index contributed by atoms with van der Waals surface area (Å²) in [5, 5.41) is 8.78. The Labute approximate surface area is 97.8 Å². The average molecular weight is 239 g/mol. The first-order chi connectivity index (χ1) is 8.18. The Morgan fingerprint density at radius 3 is 3.00 bits per heavy atom. The molecule has 1 aliphatic heterocycles. The fourth-order valence-electron chi connectivity index (χ4n) is 1.83. The number of nitrogens with zero attached hydrogens (tertiary/aromatic N) is 1. The van der Waals surface area contributed by atoms with Crippen LogP contribution in [0.4, 0.5) is 0 Å². The summed E-state index contributed by atoms with van der Waals surface area (Å²) in [6, 6.07) is 2.76. The highest BCUT2D eigenvalue weighted by Crippen LogP contribution is 2.15. The van der Waals surface area contributed by atoms with E-state index in [1.165, 1.54) is 11.2 Å². The van der Waals surface area contributed by atoms with Crippen LogP contribution in [0.2, 0.25) is 0 Å². The molecular formula is C11H13NO5. The fraction of sp³-hybridized carbons (Fsp3) is 0.455. The van der Waals surface area contributed by atoms with Gasteiger partial charge in [-0.3, -0.25) is 9.59 Å². The Balaban J connectivity index is 2.10. The number of hydrogen-bond acceptors (Lipinski definition) is 4. The molecule has 1 N–H and O–H groups in total. The van der Waals surface area contributed by atoms with Crippen LogP contribution < -0.4 is 0 Å².